The Hall–Kier alpha value is -1.66. The van der Waals surface area contributed by atoms with Crippen molar-refractivity contribution in [2.24, 2.45) is 0 Å². The fourth-order valence-electron chi connectivity index (χ4n) is 0.534. The first kappa shape index (κ1) is 8.34. The molecule has 1 rings (SSSR count). The molecule has 0 atom stereocenters. The molecule has 10 heavy (non-hydrogen) atoms. The Morgan fingerprint density at radius 3 is 1.80 bits per heavy atom. The third-order valence-corrected chi connectivity index (χ3v) is 0.940. The summed E-state index contributed by atoms with van der Waals surface area (Å²) in [6, 6.07) is 9.60. The Morgan fingerprint density at radius 1 is 1.00 bits per heavy atom. The lowest BCUT2D eigenvalue weighted by molar-refractivity contribution is 1.65. The predicted octanol–water partition coefficient (Wildman–Crippen LogP) is 1.92. The van der Waals surface area contributed by atoms with Crippen LogP contribution in [-0.2, 0) is 0 Å². The number of hydrogen-bond acceptors (Lipinski definition) is 0. The summed E-state index contributed by atoms with van der Waals surface area (Å²) in [4.78, 5) is 0. The first-order chi connectivity index (χ1) is 4.93. The van der Waals surface area contributed by atoms with Gasteiger partial charge in [0.15, 0.2) is 0 Å². The molecule has 0 heterocycles. The summed E-state index contributed by atoms with van der Waals surface area (Å²) in [6.07, 6.45) is 13.1. The van der Waals surface area contributed by atoms with Crippen molar-refractivity contribution in [3.05, 3.63) is 35.9 Å². The maximum absolute atomic E-state index is 5.10. The van der Waals surface area contributed by atoms with Gasteiger partial charge in [-0.3, -0.25) is 0 Å². The highest BCUT2D eigenvalue weighted by Gasteiger charge is 1.76. The lowest BCUT2D eigenvalue weighted by Gasteiger charge is -1.82. The summed E-state index contributed by atoms with van der Waals surface area (Å²) < 4.78 is 0. The molecule has 0 fully saturated rings. The largest absolute Gasteiger partial charge is 0.124 e. The molecule has 0 N–H and O–H groups in total. The third kappa shape index (κ3) is 2.60. The van der Waals surface area contributed by atoms with Crippen molar-refractivity contribution < 1.29 is 0 Å². The molecule has 0 amide bonds. The number of hydrogen-bond donors (Lipinski definition) is 0. The van der Waals surface area contributed by atoms with Crippen LogP contribution in [0.15, 0.2) is 30.3 Å². The van der Waals surface area contributed by atoms with Crippen LogP contribution in [0.2, 0.25) is 0 Å². The third-order valence-electron chi connectivity index (χ3n) is 0.940. The molecule has 0 heteroatoms. The van der Waals surface area contributed by atoms with Gasteiger partial charge >= 0.3 is 0 Å². The lowest BCUT2D eigenvalue weighted by atomic mass is 10.2. The normalized spacial score (nSPS) is 6.50. The Kier molecular flexibility index (Phi) is 4.57. The molecule has 48 valence electrons. The Bertz CT molecular complexity index is 223. The Balaban J connectivity index is 0.000000371. The van der Waals surface area contributed by atoms with Crippen LogP contribution in [0.3, 0.4) is 0 Å². The van der Waals surface area contributed by atoms with E-state index in [1.165, 1.54) is 0 Å². The van der Waals surface area contributed by atoms with Crippen molar-refractivity contribution in [3.63, 3.8) is 0 Å². The highest BCUT2D eigenvalue weighted by atomic mass is 13.8. The van der Waals surface area contributed by atoms with E-state index >= 15 is 0 Å². The van der Waals surface area contributed by atoms with Gasteiger partial charge in [0, 0.05) is 5.56 Å². The molecular formula is C10H8. The van der Waals surface area contributed by atoms with Gasteiger partial charge in [0.25, 0.3) is 0 Å². The Morgan fingerprint density at radius 2 is 1.50 bits per heavy atom. The van der Waals surface area contributed by atoms with Crippen LogP contribution in [-0.4, -0.2) is 0 Å². The second-order valence-corrected chi connectivity index (χ2v) is 1.51. The molecule has 0 unspecified atom stereocenters. The van der Waals surface area contributed by atoms with Crippen molar-refractivity contribution in [1.29, 1.82) is 0 Å². The molecule has 0 aliphatic rings. The second kappa shape index (κ2) is 5.48. The lowest BCUT2D eigenvalue weighted by Crippen LogP contribution is -1.66. The van der Waals surface area contributed by atoms with E-state index < -0.39 is 0 Å². The zero-order valence-corrected chi connectivity index (χ0v) is 5.62. The molecule has 0 saturated heterocycles. The maximum Gasteiger partial charge on any atom is 0.0242 e. The summed E-state index contributed by atoms with van der Waals surface area (Å²) in [5.41, 5.74) is 0.938. The van der Waals surface area contributed by atoms with Crippen molar-refractivity contribution in [1.82, 2.24) is 0 Å². The van der Waals surface area contributed by atoms with E-state index in [1.807, 2.05) is 30.3 Å². The molecular weight excluding hydrogens is 120 g/mol. The molecule has 0 bridgehead atoms. The van der Waals surface area contributed by atoms with Gasteiger partial charge in [0.1, 0.15) is 0 Å². The molecule has 0 radical (unpaired) electrons. The molecule has 0 aliphatic heterocycles. The van der Waals surface area contributed by atoms with Gasteiger partial charge in [0.05, 0.1) is 0 Å². The number of terminal acetylenes is 2. The fraction of sp³-hybridized carbons (Fsp3) is 0. The van der Waals surface area contributed by atoms with Crippen LogP contribution < -0.4 is 0 Å². The second-order valence-electron chi connectivity index (χ2n) is 1.51. The van der Waals surface area contributed by atoms with Crippen LogP contribution in [0.4, 0.5) is 0 Å². The molecule has 0 nitrogen and oxygen atoms in total. The number of benzene rings is 1. The van der Waals surface area contributed by atoms with E-state index in [9.17, 15) is 0 Å². The number of rotatable bonds is 0. The molecule has 0 spiro atoms. The van der Waals surface area contributed by atoms with E-state index in [-0.39, 0.29) is 0 Å². The van der Waals surface area contributed by atoms with Crippen molar-refractivity contribution >= 4 is 0 Å². The van der Waals surface area contributed by atoms with Crippen LogP contribution in [0, 0.1) is 25.2 Å². The minimum Gasteiger partial charge on any atom is -0.124 e. The average molecular weight is 128 g/mol. The first-order valence-electron chi connectivity index (χ1n) is 2.78. The summed E-state index contributed by atoms with van der Waals surface area (Å²) in [5.74, 6) is 2.53. The van der Waals surface area contributed by atoms with Gasteiger partial charge in [-0.15, -0.1) is 19.3 Å². The first-order valence-corrected chi connectivity index (χ1v) is 2.78. The van der Waals surface area contributed by atoms with E-state index in [4.69, 9.17) is 6.42 Å². The highest BCUT2D eigenvalue weighted by molar-refractivity contribution is 5.30. The fourth-order valence-corrected chi connectivity index (χ4v) is 0.534. The minimum absolute atomic E-state index is 0.938. The van der Waals surface area contributed by atoms with Gasteiger partial charge in [0.2, 0.25) is 0 Å². The molecule has 1 aromatic rings. The molecule has 0 aliphatic carbocycles. The Labute approximate surface area is 61.9 Å². The summed E-state index contributed by atoms with van der Waals surface area (Å²) in [5, 5.41) is 0. The van der Waals surface area contributed by atoms with E-state index in [2.05, 4.69) is 18.8 Å². The molecule has 1 aromatic carbocycles. The summed E-state index contributed by atoms with van der Waals surface area (Å²) in [6.45, 7) is 0. The van der Waals surface area contributed by atoms with Crippen molar-refractivity contribution in [2.75, 3.05) is 0 Å². The van der Waals surface area contributed by atoms with E-state index in [0.29, 0.717) is 0 Å². The standard InChI is InChI=1S/C8H6.C2H2/c1-2-8-6-4-3-5-7-8;1-2/h1,3-7H;1-2H. The van der Waals surface area contributed by atoms with Gasteiger partial charge in [-0.05, 0) is 12.1 Å². The smallest absolute Gasteiger partial charge is 0.0242 e. The highest BCUT2D eigenvalue weighted by Crippen LogP contribution is 1.92. The summed E-state index contributed by atoms with van der Waals surface area (Å²) >= 11 is 0. The average Bonchev–Trinajstić information content (AvgIpc) is 2.10. The quantitative estimate of drug-likeness (QED) is 0.468. The van der Waals surface area contributed by atoms with Crippen LogP contribution in [0.25, 0.3) is 0 Å². The van der Waals surface area contributed by atoms with Crippen LogP contribution >= 0.6 is 0 Å². The monoisotopic (exact) mass is 128 g/mol. The maximum atomic E-state index is 5.10. The van der Waals surface area contributed by atoms with Gasteiger partial charge in [-0.1, -0.05) is 24.1 Å². The molecule has 0 aromatic heterocycles. The summed E-state index contributed by atoms with van der Waals surface area (Å²) in [7, 11) is 0. The van der Waals surface area contributed by atoms with Gasteiger partial charge < -0.3 is 0 Å². The van der Waals surface area contributed by atoms with Crippen LogP contribution in [0.5, 0.6) is 0 Å². The van der Waals surface area contributed by atoms with Gasteiger partial charge in [-0.2, -0.15) is 0 Å². The van der Waals surface area contributed by atoms with E-state index in [0.717, 1.165) is 5.56 Å². The zero-order valence-electron chi connectivity index (χ0n) is 5.62. The van der Waals surface area contributed by atoms with Gasteiger partial charge in [-0.25, -0.2) is 0 Å². The minimum atomic E-state index is 0.938. The van der Waals surface area contributed by atoms with E-state index in [1.54, 1.807) is 0 Å². The predicted molar refractivity (Wildman–Crippen MR) is 44.3 cm³/mol. The molecule has 0 saturated carbocycles. The van der Waals surface area contributed by atoms with Crippen molar-refractivity contribution in [3.8, 4) is 25.2 Å². The van der Waals surface area contributed by atoms with Crippen LogP contribution in [0.1, 0.15) is 5.56 Å². The topological polar surface area (TPSA) is 0 Å². The zero-order chi connectivity index (χ0) is 7.82. The van der Waals surface area contributed by atoms with Crippen molar-refractivity contribution in [2.45, 2.75) is 0 Å². The SMILES string of the molecule is C#C.C#Cc1ccccc1.